The van der Waals surface area contributed by atoms with Crippen LogP contribution in [0.15, 0.2) is 11.8 Å². The van der Waals surface area contributed by atoms with E-state index in [-0.39, 0.29) is 5.60 Å². The quantitative estimate of drug-likeness (QED) is 0.484. The minimum absolute atomic E-state index is 0.0499. The van der Waals surface area contributed by atoms with Crippen molar-refractivity contribution in [3.8, 4) is 0 Å². The lowest BCUT2D eigenvalue weighted by Gasteiger charge is -2.19. The van der Waals surface area contributed by atoms with Crippen molar-refractivity contribution >= 4 is 9.76 Å². The molecule has 0 aromatic heterocycles. The smallest absolute Gasteiger partial charge is 0.260 e. The maximum Gasteiger partial charge on any atom is 0.260 e. The summed E-state index contributed by atoms with van der Waals surface area (Å²) in [5.41, 5.74) is 2.02. The van der Waals surface area contributed by atoms with Crippen LogP contribution >= 0.6 is 0 Å². The minimum Gasteiger partial charge on any atom is -0.410 e. The predicted octanol–water partition coefficient (Wildman–Crippen LogP) is 2.36. The highest BCUT2D eigenvalue weighted by molar-refractivity contribution is 6.34. The lowest BCUT2D eigenvalue weighted by atomic mass is 10.2. The van der Waals surface area contributed by atoms with Crippen molar-refractivity contribution in [3.05, 3.63) is 11.8 Å². The Morgan fingerprint density at radius 2 is 1.92 bits per heavy atom. The Bertz CT molecular complexity index is 138. The van der Waals surface area contributed by atoms with Crippen LogP contribution < -0.4 is 0 Å². The molecule has 0 atom stereocenters. The van der Waals surface area contributed by atoms with Gasteiger partial charge in [0.05, 0.1) is 18.8 Å². The molecule has 0 aliphatic carbocycles. The van der Waals surface area contributed by atoms with Crippen molar-refractivity contribution in [2.45, 2.75) is 39.7 Å². The molecular weight excluding hydrogens is 180 g/mol. The fourth-order valence-electron chi connectivity index (χ4n) is 0.663. The second-order valence-corrected chi connectivity index (χ2v) is 4.60. The molecule has 0 N–H and O–H groups in total. The third-order valence-electron chi connectivity index (χ3n) is 1.23. The fourth-order valence-corrected chi connectivity index (χ4v) is 1.29. The zero-order valence-electron chi connectivity index (χ0n) is 9.09. The Hall–Kier alpha value is -0.123. The molecule has 0 saturated heterocycles. The van der Waals surface area contributed by atoms with Crippen LogP contribution in [0, 0.1) is 0 Å². The molecule has 0 heterocycles. The third kappa shape index (κ3) is 11.9. The maximum absolute atomic E-state index is 5.49. The highest BCUT2D eigenvalue weighted by Crippen LogP contribution is 2.05. The predicted molar refractivity (Wildman–Crippen MR) is 56.8 cm³/mol. The molecule has 0 fully saturated rings. The van der Waals surface area contributed by atoms with E-state index in [1.54, 1.807) is 0 Å². The Kier molecular flexibility index (Phi) is 7.23. The van der Waals surface area contributed by atoms with Crippen molar-refractivity contribution in [1.29, 1.82) is 0 Å². The Morgan fingerprint density at radius 1 is 1.23 bits per heavy atom. The van der Waals surface area contributed by atoms with Gasteiger partial charge >= 0.3 is 0 Å². The zero-order valence-corrected chi connectivity index (χ0v) is 10.1. The SMILES string of the molecule is CC/C=C/[Si]OCCOC(C)(C)C. The van der Waals surface area contributed by atoms with Gasteiger partial charge in [0, 0.05) is 0 Å². The molecule has 2 nitrogen and oxygen atoms in total. The maximum atomic E-state index is 5.49. The molecule has 2 radical (unpaired) electrons. The summed E-state index contributed by atoms with van der Waals surface area (Å²) in [4.78, 5) is 0. The van der Waals surface area contributed by atoms with Crippen LogP contribution in [0.25, 0.3) is 0 Å². The standard InChI is InChI=1S/C10H20O2Si/c1-5-6-9-13-12-8-7-11-10(2,3)4/h6,9H,5,7-8H2,1-4H3/b9-6+. The van der Waals surface area contributed by atoms with Gasteiger partial charge in [0.1, 0.15) is 0 Å². The first-order valence-corrected chi connectivity index (χ1v) is 5.71. The average molecular weight is 200 g/mol. The van der Waals surface area contributed by atoms with Gasteiger partial charge in [-0.3, -0.25) is 0 Å². The number of hydrogen-bond acceptors (Lipinski definition) is 2. The lowest BCUT2D eigenvalue weighted by molar-refractivity contribution is -0.0158. The van der Waals surface area contributed by atoms with E-state index in [4.69, 9.17) is 9.16 Å². The summed E-state index contributed by atoms with van der Waals surface area (Å²) >= 11 is 0. The van der Waals surface area contributed by atoms with Gasteiger partial charge in [0.2, 0.25) is 0 Å². The number of hydrogen-bond donors (Lipinski definition) is 0. The largest absolute Gasteiger partial charge is 0.410 e. The van der Waals surface area contributed by atoms with E-state index >= 15 is 0 Å². The van der Waals surface area contributed by atoms with Crippen molar-refractivity contribution in [2.75, 3.05) is 13.2 Å². The van der Waals surface area contributed by atoms with Crippen molar-refractivity contribution in [1.82, 2.24) is 0 Å². The third-order valence-corrected chi connectivity index (χ3v) is 1.97. The van der Waals surface area contributed by atoms with Crippen LogP contribution in [-0.2, 0) is 9.16 Å². The van der Waals surface area contributed by atoms with E-state index < -0.39 is 0 Å². The summed E-state index contributed by atoms with van der Waals surface area (Å²) in [5, 5.41) is 0. The van der Waals surface area contributed by atoms with Gasteiger partial charge in [0.15, 0.2) is 0 Å². The van der Waals surface area contributed by atoms with E-state index in [9.17, 15) is 0 Å². The van der Waals surface area contributed by atoms with Gasteiger partial charge in [-0.1, -0.05) is 18.7 Å². The van der Waals surface area contributed by atoms with Crippen LogP contribution in [-0.4, -0.2) is 28.6 Å². The van der Waals surface area contributed by atoms with Crippen LogP contribution in [0.4, 0.5) is 0 Å². The molecule has 0 aliphatic rings. The zero-order chi connectivity index (χ0) is 10.2. The molecule has 0 saturated carbocycles. The Labute approximate surface area is 84.3 Å². The van der Waals surface area contributed by atoms with E-state index in [0.717, 1.165) is 6.42 Å². The van der Waals surface area contributed by atoms with E-state index in [0.29, 0.717) is 23.0 Å². The summed E-state index contributed by atoms with van der Waals surface area (Å²) in [6.45, 7) is 9.62. The molecule has 0 amide bonds. The fraction of sp³-hybridized carbons (Fsp3) is 0.800. The second kappa shape index (κ2) is 7.30. The minimum atomic E-state index is -0.0499. The summed E-state index contributed by atoms with van der Waals surface area (Å²) in [7, 11) is 0.472. The van der Waals surface area contributed by atoms with Gasteiger partial charge in [0.25, 0.3) is 9.76 Å². The van der Waals surface area contributed by atoms with Gasteiger partial charge in [-0.25, -0.2) is 0 Å². The molecule has 13 heavy (non-hydrogen) atoms. The summed E-state index contributed by atoms with van der Waals surface area (Å²) in [6.07, 6.45) is 3.19. The van der Waals surface area contributed by atoms with Gasteiger partial charge in [-0.15, -0.1) is 0 Å². The van der Waals surface area contributed by atoms with Gasteiger partial charge < -0.3 is 9.16 Å². The molecule has 0 bridgehead atoms. The Balaban J connectivity index is 3.13. The second-order valence-electron chi connectivity index (χ2n) is 3.74. The molecule has 0 spiro atoms. The van der Waals surface area contributed by atoms with Gasteiger partial charge in [-0.05, 0) is 27.2 Å². The van der Waals surface area contributed by atoms with E-state index in [1.807, 2.05) is 20.8 Å². The molecule has 3 heteroatoms. The van der Waals surface area contributed by atoms with Crippen molar-refractivity contribution < 1.29 is 9.16 Å². The van der Waals surface area contributed by atoms with Crippen LogP contribution in [0.3, 0.4) is 0 Å². The molecule has 76 valence electrons. The highest BCUT2D eigenvalue weighted by Gasteiger charge is 2.08. The molecule has 0 aromatic rings. The molecule has 0 aliphatic heterocycles. The first-order chi connectivity index (χ1) is 6.06. The van der Waals surface area contributed by atoms with E-state index in [2.05, 4.69) is 18.7 Å². The summed E-state index contributed by atoms with van der Waals surface area (Å²) < 4.78 is 10.8. The van der Waals surface area contributed by atoms with Crippen LogP contribution in [0.5, 0.6) is 0 Å². The molecule has 0 rings (SSSR count). The normalized spacial score (nSPS) is 12.6. The summed E-state index contributed by atoms with van der Waals surface area (Å²) in [5.74, 6) is 0. The van der Waals surface area contributed by atoms with Crippen LogP contribution in [0.2, 0.25) is 0 Å². The van der Waals surface area contributed by atoms with Crippen molar-refractivity contribution in [3.63, 3.8) is 0 Å². The number of ether oxygens (including phenoxy) is 1. The Morgan fingerprint density at radius 3 is 2.46 bits per heavy atom. The monoisotopic (exact) mass is 200 g/mol. The van der Waals surface area contributed by atoms with Crippen LogP contribution in [0.1, 0.15) is 34.1 Å². The van der Waals surface area contributed by atoms with Gasteiger partial charge in [-0.2, -0.15) is 0 Å². The number of allylic oxidation sites excluding steroid dienone is 1. The number of rotatable bonds is 6. The highest BCUT2D eigenvalue weighted by atomic mass is 28.2. The molecule has 0 aromatic carbocycles. The lowest BCUT2D eigenvalue weighted by Crippen LogP contribution is -2.22. The molecule has 0 unspecified atom stereocenters. The first kappa shape index (κ1) is 12.9. The van der Waals surface area contributed by atoms with Crippen molar-refractivity contribution in [2.24, 2.45) is 0 Å². The average Bonchev–Trinajstić information content (AvgIpc) is 2.01. The topological polar surface area (TPSA) is 18.5 Å². The molecular formula is C10H20O2Si. The van der Waals surface area contributed by atoms with E-state index in [1.165, 1.54) is 0 Å². The first-order valence-electron chi connectivity index (χ1n) is 4.72. The summed E-state index contributed by atoms with van der Waals surface area (Å²) in [6, 6.07) is 0.